The number of nitrogens with one attached hydrogen (secondary N) is 8. The van der Waals surface area contributed by atoms with E-state index in [4.69, 9.17) is 57.3 Å². The van der Waals surface area contributed by atoms with Gasteiger partial charge in [0, 0.05) is 117 Å². The molecule has 13 aromatic heterocycles. The minimum absolute atomic E-state index is 0.107. The van der Waals surface area contributed by atoms with Crippen LogP contribution in [-0.2, 0) is 0 Å². The van der Waals surface area contributed by atoms with Crippen molar-refractivity contribution in [3.63, 3.8) is 0 Å². The van der Waals surface area contributed by atoms with Gasteiger partial charge in [-0.25, -0.2) is 91.8 Å². The number of hydrogen-bond donors (Lipinski definition) is 8. The first-order chi connectivity index (χ1) is 63.9. The fourth-order valence-corrected chi connectivity index (χ4v) is 23.3. The third-order valence-corrected chi connectivity index (χ3v) is 30.4. The number of aromatic amines is 4. The highest BCUT2D eigenvalue weighted by atomic mass is 35.5. The number of fused-ring (bicyclic) bond motifs is 16. The van der Waals surface area contributed by atoms with Crippen LogP contribution < -0.4 is 21.3 Å². The molecule has 4 unspecified atom stereocenters. The number of pyridine rings is 5. The van der Waals surface area contributed by atoms with Gasteiger partial charge >= 0.3 is 0 Å². The topological polar surface area (TPSA) is 297 Å². The minimum Gasteiger partial charge on any atom is -0.466 e. The summed E-state index contributed by atoms with van der Waals surface area (Å²) in [7, 11) is 0. The van der Waals surface area contributed by atoms with Crippen molar-refractivity contribution in [1.29, 1.82) is 0 Å². The highest BCUT2D eigenvalue weighted by Gasteiger charge is 2.47. The molecule has 13 heterocycles. The summed E-state index contributed by atoms with van der Waals surface area (Å²) in [6.07, 6.45) is 37.2. The first-order valence-electron chi connectivity index (χ1n) is 45.4. The zero-order chi connectivity index (χ0) is 90.0. The Balaban J connectivity index is 0.000000109. The van der Waals surface area contributed by atoms with E-state index in [1.54, 1.807) is 62.3 Å². The van der Waals surface area contributed by atoms with Crippen LogP contribution in [0.1, 0.15) is 136 Å². The van der Waals surface area contributed by atoms with Crippen LogP contribution in [0.4, 0.5) is 63.6 Å². The lowest BCUT2D eigenvalue weighted by atomic mass is 9.62. The van der Waals surface area contributed by atoms with Gasteiger partial charge in [0.1, 0.15) is 41.7 Å². The molecule has 8 atom stereocenters. The molecule has 8 bridgehead atoms. The molecule has 25 nitrogen and oxygen atoms in total. The molecular formula is C101H95ClF4N24O. The maximum absolute atomic E-state index is 16.2. The lowest BCUT2D eigenvalue weighted by Crippen LogP contribution is -2.47. The summed E-state index contributed by atoms with van der Waals surface area (Å²) in [6.45, 7) is 42.1. The Kier molecular flexibility index (Phi) is 23.2. The molecule has 12 aliphatic carbocycles. The second kappa shape index (κ2) is 35.8. The third-order valence-electron chi connectivity index (χ3n) is 30.2. The zero-order valence-corrected chi connectivity index (χ0v) is 73.6. The van der Waals surface area contributed by atoms with Gasteiger partial charge in [0.2, 0.25) is 22.7 Å². The number of furan rings is 1. The van der Waals surface area contributed by atoms with Crippen molar-refractivity contribution in [2.45, 2.75) is 162 Å². The SMILES string of the molecule is [C-]#[N+]c1c(-c2[nH]nc3ncc(Cl)cc23)nc(NC2C3CCC(CC3)C2C)c(F)c1C.[C-]#[N+]c1c(-c2c[nH]c3ncncc23)nc(NC2C3CCC(CC3)C2C)c(F)c1-c1ccco1.[C-]#[N+]c1c(-c2c[nH]c3ncncc23)nc(N[C@@H]2C3CCC(CC3)[C@H]2C)c(F)c1-c1ccccc1.[C-]#[N+]c1c(-c2c[nH]c3ncncc23)nc(N[C@H]2C3CCC(CC3)[C@@H]2C)c(F)c1-c1ccccc1. The van der Waals surface area contributed by atoms with E-state index in [0.29, 0.717) is 166 Å². The van der Waals surface area contributed by atoms with Crippen molar-refractivity contribution in [2.75, 3.05) is 21.3 Å². The quantitative estimate of drug-likeness (QED) is 0.0349. The molecule has 27 rings (SSSR count). The number of rotatable bonds is 15. The van der Waals surface area contributed by atoms with Crippen molar-refractivity contribution in [2.24, 2.45) is 71.0 Å². The smallest absolute Gasteiger partial charge is 0.226 e. The van der Waals surface area contributed by atoms with Crippen LogP contribution in [0, 0.1) is 127 Å². The lowest BCUT2D eigenvalue weighted by molar-refractivity contribution is 0.0926. The van der Waals surface area contributed by atoms with Gasteiger partial charge in [-0.3, -0.25) is 5.10 Å². The standard InChI is InChI=1S/2C27H25FN6.C25H23FN6O.C22H22ClFN6/c2*1-15-16-8-10-18(11-9-16)23(15)33-27-22(28)21(17-6-4-3-5-7-17)25(29-2)24(34-27)19-13-31-26-20(19)12-30-14-32-26;1-13-14-5-7-15(8-6-14)21(13)31-25-20(26)19(18-4-3-9-33-18)23(27-2)22(32-25)16-11-29-24-17(16)10-28-12-30-24;1-10-12-4-6-13(7-5-12)17(10)27-22-16(24)11(2)18(25-3)20(28-22)19-15-8-14(23)9-26-21(15)30-29-19/h2*3-7,12-16,18,23H,8-11H2,1H3,(H,33,34)(H,30,31,32);3-4,9-15,21H,5-8H2,1H3,(H,31,32)(H,28,29,30);8-10,12-13,17H,4-7H2,1-2H3,(H,27,28)(H,26,29,30)/t2*15-,16?,18?,23+;;/m10../s1. The molecule has 660 valence electrons. The molecule has 131 heavy (non-hydrogen) atoms. The number of nitrogens with zero attached hydrogens (tertiary/aromatic N) is 16. The van der Waals surface area contributed by atoms with Crippen molar-refractivity contribution >= 4 is 102 Å². The maximum atomic E-state index is 16.2. The first kappa shape index (κ1) is 85.1. The van der Waals surface area contributed by atoms with Gasteiger partial charge in [-0.2, -0.15) is 5.10 Å². The van der Waals surface area contributed by atoms with Crippen LogP contribution in [-0.4, -0.2) is 104 Å². The van der Waals surface area contributed by atoms with Crippen molar-refractivity contribution in [1.82, 2.24) is 80.0 Å². The van der Waals surface area contributed by atoms with Crippen LogP contribution in [0.5, 0.6) is 0 Å². The molecule has 0 saturated heterocycles. The molecule has 30 heteroatoms. The van der Waals surface area contributed by atoms with Crippen molar-refractivity contribution in [3.05, 3.63) is 227 Å². The summed E-state index contributed by atoms with van der Waals surface area (Å²) in [6, 6.07) is 24.4. The number of halogens is 5. The minimum atomic E-state index is -0.551. The normalized spacial score (nSPS) is 24.2. The Morgan fingerprint density at radius 3 is 1.09 bits per heavy atom. The monoisotopic (exact) mass is 1770 g/mol. The average Bonchev–Trinajstić information content (AvgIpc) is 1.77. The Bertz CT molecular complexity index is 6770. The Labute approximate surface area is 758 Å². The molecule has 0 spiro atoms. The lowest BCUT2D eigenvalue weighted by Gasteiger charge is -2.47. The van der Waals surface area contributed by atoms with Crippen LogP contribution in [0.15, 0.2) is 152 Å². The number of aromatic nitrogens is 16. The van der Waals surface area contributed by atoms with Gasteiger partial charge < -0.3 is 40.6 Å². The fourth-order valence-electron chi connectivity index (χ4n) is 23.2. The highest BCUT2D eigenvalue weighted by Crippen LogP contribution is 2.55. The molecule has 0 amide bonds. The Morgan fingerprint density at radius 1 is 0.397 bits per heavy atom. The van der Waals surface area contributed by atoms with Crippen molar-refractivity contribution in [3.8, 4) is 78.7 Å². The molecule has 12 fully saturated rings. The van der Waals surface area contributed by atoms with E-state index in [-0.39, 0.29) is 92.4 Å². The molecule has 0 aliphatic heterocycles. The first-order valence-corrected chi connectivity index (χ1v) is 45.8. The van der Waals surface area contributed by atoms with E-state index in [1.807, 2.05) is 60.7 Å². The molecule has 2 aromatic carbocycles. The average molecular weight is 1770 g/mol. The largest absolute Gasteiger partial charge is 0.466 e. The van der Waals surface area contributed by atoms with Crippen LogP contribution >= 0.6 is 11.6 Å². The molecule has 15 aromatic rings. The third kappa shape index (κ3) is 15.6. The summed E-state index contributed by atoms with van der Waals surface area (Å²) in [5.74, 6) is 5.77. The summed E-state index contributed by atoms with van der Waals surface area (Å²) >= 11 is 6.12. The van der Waals surface area contributed by atoms with Crippen LogP contribution in [0.3, 0.4) is 0 Å². The summed E-state index contributed by atoms with van der Waals surface area (Å²) in [4.78, 5) is 72.4. The molecule has 12 aliphatic rings. The second-order valence-corrected chi connectivity index (χ2v) is 37.1. The number of benzene rings is 2. The van der Waals surface area contributed by atoms with Gasteiger partial charge in [-0.15, -0.1) is 0 Å². The predicted octanol–water partition coefficient (Wildman–Crippen LogP) is 25.3. The van der Waals surface area contributed by atoms with Gasteiger partial charge in [0.25, 0.3) is 0 Å². The van der Waals surface area contributed by atoms with Crippen LogP contribution in [0.25, 0.3) is 142 Å². The Morgan fingerprint density at radius 2 is 0.740 bits per heavy atom. The van der Waals surface area contributed by atoms with E-state index in [2.05, 4.69) is 133 Å². The van der Waals surface area contributed by atoms with E-state index in [9.17, 15) is 0 Å². The van der Waals surface area contributed by atoms with Gasteiger partial charge in [-0.05, 0) is 216 Å². The van der Waals surface area contributed by atoms with Gasteiger partial charge in [-0.1, -0.05) is 100.0 Å². The summed E-state index contributed by atoms with van der Waals surface area (Å²) in [5, 5.41) is 24.4. The maximum Gasteiger partial charge on any atom is 0.226 e. The van der Waals surface area contributed by atoms with Gasteiger partial charge in [0.05, 0.1) is 71.6 Å². The second-order valence-electron chi connectivity index (χ2n) is 36.7. The van der Waals surface area contributed by atoms with E-state index in [0.717, 1.165) is 29.0 Å². The van der Waals surface area contributed by atoms with E-state index in [1.165, 1.54) is 121 Å². The molecule has 0 radical (unpaired) electrons. The molecule has 12 saturated carbocycles. The van der Waals surface area contributed by atoms with E-state index >= 15 is 17.6 Å². The zero-order valence-electron chi connectivity index (χ0n) is 72.9. The van der Waals surface area contributed by atoms with E-state index < -0.39 is 23.3 Å². The van der Waals surface area contributed by atoms with Crippen LogP contribution in [0.2, 0.25) is 5.02 Å². The predicted molar refractivity (Wildman–Crippen MR) is 500 cm³/mol. The number of hydrogen-bond acceptors (Lipinski definition) is 17. The summed E-state index contributed by atoms with van der Waals surface area (Å²) in [5.41, 5.74) is 9.56. The number of anilines is 4. The number of H-pyrrole nitrogens is 4. The van der Waals surface area contributed by atoms with Crippen molar-refractivity contribution < 1.29 is 22.0 Å². The fraction of sp³-hybridized carbons (Fsp3) is 0.366. The summed E-state index contributed by atoms with van der Waals surface area (Å²) < 4.78 is 69.1. The molecular weight excluding hydrogens is 1680 g/mol. The van der Waals surface area contributed by atoms with Gasteiger partial charge in [0.15, 0.2) is 52.2 Å². The Hall–Kier alpha value is -14.0. The highest BCUT2D eigenvalue weighted by molar-refractivity contribution is 6.31. The molecule has 8 N–H and O–H groups in total.